The molecule has 0 unspecified atom stereocenters. The number of nitro groups is 1. The SMILES string of the molecule is CSc1ccc(C(=O)O[C@H](C)C(=O)Nc2ccc(NC(C)=O)cc2)cc1[N+](=O)[O-]. The highest BCUT2D eigenvalue weighted by Gasteiger charge is 2.22. The summed E-state index contributed by atoms with van der Waals surface area (Å²) in [6.45, 7) is 2.78. The number of rotatable bonds is 7. The molecule has 2 amide bonds. The van der Waals surface area contributed by atoms with Gasteiger partial charge in [-0.1, -0.05) is 0 Å². The Morgan fingerprint density at radius 3 is 2.17 bits per heavy atom. The number of thioether (sulfide) groups is 1. The summed E-state index contributed by atoms with van der Waals surface area (Å²) in [5, 5.41) is 16.3. The van der Waals surface area contributed by atoms with Crippen LogP contribution in [0.25, 0.3) is 0 Å². The van der Waals surface area contributed by atoms with Crippen LogP contribution in [0.5, 0.6) is 0 Å². The van der Waals surface area contributed by atoms with Gasteiger partial charge < -0.3 is 15.4 Å². The first-order valence-electron chi connectivity index (χ1n) is 8.43. The predicted octanol–water partition coefficient (Wildman–Crippen LogP) is 3.46. The first-order chi connectivity index (χ1) is 13.7. The minimum atomic E-state index is -1.13. The molecule has 0 spiro atoms. The van der Waals surface area contributed by atoms with E-state index in [-0.39, 0.29) is 17.2 Å². The van der Waals surface area contributed by atoms with Crippen molar-refractivity contribution in [2.45, 2.75) is 24.8 Å². The van der Waals surface area contributed by atoms with E-state index in [0.29, 0.717) is 16.3 Å². The quantitative estimate of drug-likeness (QED) is 0.306. The largest absolute Gasteiger partial charge is 0.449 e. The third-order valence-corrected chi connectivity index (χ3v) is 4.52. The molecule has 0 heterocycles. The van der Waals surface area contributed by atoms with Gasteiger partial charge in [-0.3, -0.25) is 19.7 Å². The highest BCUT2D eigenvalue weighted by molar-refractivity contribution is 7.98. The Bertz CT molecular complexity index is 945. The zero-order chi connectivity index (χ0) is 21.6. The number of benzene rings is 2. The molecule has 0 radical (unpaired) electrons. The van der Waals surface area contributed by atoms with E-state index in [1.54, 1.807) is 30.5 Å². The average molecular weight is 417 g/mol. The first kappa shape index (κ1) is 21.9. The van der Waals surface area contributed by atoms with Gasteiger partial charge in [0.2, 0.25) is 5.91 Å². The van der Waals surface area contributed by atoms with Crippen molar-refractivity contribution < 1.29 is 24.0 Å². The van der Waals surface area contributed by atoms with Crippen LogP contribution < -0.4 is 10.6 Å². The van der Waals surface area contributed by atoms with E-state index >= 15 is 0 Å². The van der Waals surface area contributed by atoms with Gasteiger partial charge in [-0.25, -0.2) is 4.79 Å². The van der Waals surface area contributed by atoms with Crippen LogP contribution in [0.2, 0.25) is 0 Å². The summed E-state index contributed by atoms with van der Waals surface area (Å²) in [5.41, 5.74) is 0.800. The van der Waals surface area contributed by atoms with Gasteiger partial charge in [0.05, 0.1) is 15.4 Å². The second-order valence-corrected chi connectivity index (χ2v) is 6.79. The number of carbonyl (C=O) groups excluding carboxylic acids is 3. The van der Waals surface area contributed by atoms with Crippen molar-refractivity contribution in [1.82, 2.24) is 0 Å². The van der Waals surface area contributed by atoms with Gasteiger partial charge in [-0.05, 0) is 49.6 Å². The number of hydrogen-bond acceptors (Lipinski definition) is 7. The van der Waals surface area contributed by atoms with E-state index < -0.39 is 22.9 Å². The van der Waals surface area contributed by atoms with Gasteiger partial charge in [0.15, 0.2) is 6.10 Å². The summed E-state index contributed by atoms with van der Waals surface area (Å²) < 4.78 is 5.12. The highest BCUT2D eigenvalue weighted by Crippen LogP contribution is 2.28. The summed E-state index contributed by atoms with van der Waals surface area (Å²) in [5.74, 6) is -1.63. The van der Waals surface area contributed by atoms with Crippen LogP contribution in [0.4, 0.5) is 17.1 Å². The Kier molecular flexibility index (Phi) is 7.32. The molecular weight excluding hydrogens is 398 g/mol. The molecule has 0 aliphatic carbocycles. The maximum Gasteiger partial charge on any atom is 0.339 e. The van der Waals surface area contributed by atoms with Crippen molar-refractivity contribution in [3.63, 3.8) is 0 Å². The van der Waals surface area contributed by atoms with Crippen molar-refractivity contribution >= 4 is 46.6 Å². The molecule has 2 N–H and O–H groups in total. The highest BCUT2D eigenvalue weighted by atomic mass is 32.2. The Labute approximate surface area is 171 Å². The molecule has 0 saturated heterocycles. The van der Waals surface area contributed by atoms with E-state index in [4.69, 9.17) is 4.74 Å². The lowest BCUT2D eigenvalue weighted by atomic mass is 10.2. The molecule has 2 rings (SSSR count). The molecule has 2 aromatic rings. The second kappa shape index (κ2) is 9.69. The lowest BCUT2D eigenvalue weighted by Crippen LogP contribution is -2.30. The van der Waals surface area contributed by atoms with E-state index in [1.165, 1.54) is 37.7 Å². The molecule has 0 saturated carbocycles. The van der Waals surface area contributed by atoms with Crippen LogP contribution in [0.3, 0.4) is 0 Å². The fourth-order valence-corrected chi connectivity index (χ4v) is 2.87. The number of nitro benzene ring substituents is 1. The minimum absolute atomic E-state index is 0.0196. The summed E-state index contributed by atoms with van der Waals surface area (Å²) in [4.78, 5) is 46.5. The zero-order valence-corrected chi connectivity index (χ0v) is 16.7. The van der Waals surface area contributed by atoms with Gasteiger partial charge in [-0.2, -0.15) is 0 Å². The minimum Gasteiger partial charge on any atom is -0.449 e. The molecule has 9 nitrogen and oxygen atoms in total. The van der Waals surface area contributed by atoms with Crippen LogP contribution in [0, 0.1) is 10.1 Å². The molecule has 2 aromatic carbocycles. The van der Waals surface area contributed by atoms with Crippen LogP contribution >= 0.6 is 11.8 Å². The van der Waals surface area contributed by atoms with Gasteiger partial charge >= 0.3 is 5.97 Å². The van der Waals surface area contributed by atoms with Gasteiger partial charge in [0, 0.05) is 24.4 Å². The fourth-order valence-electron chi connectivity index (χ4n) is 2.33. The molecule has 0 aliphatic rings. The molecular formula is C19H19N3O6S. The first-order valence-corrected chi connectivity index (χ1v) is 9.65. The van der Waals surface area contributed by atoms with Gasteiger partial charge in [0.25, 0.3) is 11.6 Å². The van der Waals surface area contributed by atoms with Crippen molar-refractivity contribution in [1.29, 1.82) is 0 Å². The zero-order valence-electron chi connectivity index (χ0n) is 15.9. The molecule has 0 fully saturated rings. The number of anilines is 2. The van der Waals surface area contributed by atoms with E-state index in [1.807, 2.05) is 0 Å². The van der Waals surface area contributed by atoms with Crippen molar-refractivity contribution in [3.05, 3.63) is 58.1 Å². The standard InChI is InChI=1S/C19H19N3O6S/c1-11(18(24)21-15-7-5-14(6-8-15)20-12(2)23)28-19(25)13-4-9-17(29-3)16(10-13)22(26)27/h4-11H,1-3H3,(H,20,23)(H,21,24)/t11-/m1/s1. The lowest BCUT2D eigenvalue weighted by molar-refractivity contribution is -0.387. The number of nitrogens with one attached hydrogen (secondary N) is 2. The van der Waals surface area contributed by atoms with E-state index in [0.717, 1.165) is 6.07 Å². The van der Waals surface area contributed by atoms with Crippen LogP contribution in [-0.2, 0) is 14.3 Å². The Balaban J connectivity index is 2.02. The van der Waals surface area contributed by atoms with Crippen molar-refractivity contribution in [2.24, 2.45) is 0 Å². The van der Waals surface area contributed by atoms with Crippen molar-refractivity contribution in [3.8, 4) is 0 Å². The fraction of sp³-hybridized carbons (Fsp3) is 0.211. The molecule has 0 aromatic heterocycles. The number of hydrogen-bond donors (Lipinski definition) is 2. The van der Waals surface area contributed by atoms with Crippen LogP contribution in [0.15, 0.2) is 47.4 Å². The normalized spacial score (nSPS) is 11.3. The maximum atomic E-state index is 12.3. The number of amides is 2. The summed E-state index contributed by atoms with van der Waals surface area (Å²) >= 11 is 1.19. The Morgan fingerprint density at radius 1 is 1.07 bits per heavy atom. The topological polar surface area (TPSA) is 128 Å². The summed E-state index contributed by atoms with van der Waals surface area (Å²) in [6.07, 6.45) is 0.562. The van der Waals surface area contributed by atoms with Gasteiger partial charge in [0.1, 0.15) is 0 Å². The molecule has 152 valence electrons. The predicted molar refractivity (Wildman–Crippen MR) is 109 cm³/mol. The molecule has 0 aliphatic heterocycles. The van der Waals surface area contributed by atoms with Crippen LogP contribution in [0.1, 0.15) is 24.2 Å². The summed E-state index contributed by atoms with van der Waals surface area (Å²) in [7, 11) is 0. The third-order valence-electron chi connectivity index (χ3n) is 3.74. The maximum absolute atomic E-state index is 12.3. The monoisotopic (exact) mass is 417 g/mol. The lowest BCUT2D eigenvalue weighted by Gasteiger charge is -2.14. The molecule has 10 heteroatoms. The third kappa shape index (κ3) is 6.04. The molecule has 1 atom stereocenters. The van der Waals surface area contributed by atoms with E-state index in [2.05, 4.69) is 10.6 Å². The van der Waals surface area contributed by atoms with Gasteiger partial charge in [-0.15, -0.1) is 11.8 Å². The van der Waals surface area contributed by atoms with Crippen molar-refractivity contribution in [2.75, 3.05) is 16.9 Å². The number of nitrogens with zero attached hydrogens (tertiary/aromatic N) is 1. The number of esters is 1. The Morgan fingerprint density at radius 2 is 1.66 bits per heavy atom. The smallest absolute Gasteiger partial charge is 0.339 e. The molecule has 0 bridgehead atoms. The number of ether oxygens (including phenoxy) is 1. The second-order valence-electron chi connectivity index (χ2n) is 5.94. The van der Waals surface area contributed by atoms with E-state index in [9.17, 15) is 24.5 Å². The molecule has 29 heavy (non-hydrogen) atoms. The average Bonchev–Trinajstić information content (AvgIpc) is 2.68. The summed E-state index contributed by atoms with van der Waals surface area (Å²) in [6, 6.07) is 10.4. The number of carbonyl (C=O) groups is 3. The van der Waals surface area contributed by atoms with Crippen LogP contribution in [-0.4, -0.2) is 35.1 Å². The Hall–Kier alpha value is -3.40.